The molecule has 0 nitrogen and oxygen atoms in total. The minimum Gasteiger partial charge on any atom is -0.106 e. The maximum absolute atomic E-state index is 5.82. The molecular weight excluding hydrogens is 126 g/mol. The Balaban J connectivity index is 4.05. The van der Waals surface area contributed by atoms with Crippen molar-refractivity contribution in [2.45, 2.75) is 32.3 Å². The molecule has 2 unspecified atom stereocenters. The van der Waals surface area contributed by atoms with Gasteiger partial charge in [-0.05, 0) is 0 Å². The van der Waals surface area contributed by atoms with E-state index in [9.17, 15) is 0 Å². The van der Waals surface area contributed by atoms with E-state index in [0.29, 0.717) is 0 Å². The van der Waals surface area contributed by atoms with Crippen LogP contribution in [0.4, 0.5) is 0 Å². The fourth-order valence-electron chi connectivity index (χ4n) is 0.671. The summed E-state index contributed by atoms with van der Waals surface area (Å²) in [6, 6.07) is 0. The first kappa shape index (κ1) is 11.3. The van der Waals surface area contributed by atoms with E-state index >= 15 is 0 Å². The zero-order valence-electron chi connectivity index (χ0n) is 7.54. The van der Waals surface area contributed by atoms with Gasteiger partial charge in [0, 0.05) is 22.0 Å². The van der Waals surface area contributed by atoms with Crippen LogP contribution in [0.25, 0.3) is 0 Å². The molecule has 0 aromatic carbocycles. The van der Waals surface area contributed by atoms with Crippen LogP contribution in [0.15, 0.2) is 0 Å². The molecule has 0 aliphatic carbocycles. The predicted molar refractivity (Wildman–Crippen MR) is 55.7 cm³/mol. The summed E-state index contributed by atoms with van der Waals surface area (Å²) < 4.78 is 0. The van der Waals surface area contributed by atoms with Crippen LogP contribution in [-0.2, 0) is 0 Å². The van der Waals surface area contributed by atoms with Crippen LogP contribution in [0.1, 0.15) is 20.8 Å². The summed E-state index contributed by atoms with van der Waals surface area (Å²) in [5.74, 6) is 0.0636. The van der Waals surface area contributed by atoms with Crippen LogP contribution < -0.4 is 0 Å². The van der Waals surface area contributed by atoms with E-state index in [-0.39, 0.29) is 16.9 Å². The van der Waals surface area contributed by atoms with Crippen LogP contribution in [0, 0.1) is 5.41 Å². The average molecular weight is 137 g/mol. The smallest absolute Gasteiger partial charge is 0.0702 e. The van der Waals surface area contributed by atoms with Crippen molar-refractivity contribution in [2.24, 2.45) is 5.41 Å². The molecule has 0 heterocycles. The molecule has 2 atom stereocenters. The van der Waals surface area contributed by atoms with E-state index in [0.717, 1.165) is 0 Å². The summed E-state index contributed by atoms with van der Waals surface area (Å²) >= 11 is 0. The molecule has 0 spiro atoms. The van der Waals surface area contributed by atoms with Gasteiger partial charge in [0.15, 0.2) is 0 Å². The summed E-state index contributed by atoms with van der Waals surface area (Å²) in [5, 5.41) is 0. The molecule has 0 aliphatic rings. The van der Waals surface area contributed by atoms with Gasteiger partial charge in [0.2, 0.25) is 0 Å². The fraction of sp³-hybridized carbons (Fsp3) is 1.00. The highest BCUT2D eigenvalue weighted by Crippen LogP contribution is 2.38. The summed E-state index contributed by atoms with van der Waals surface area (Å²) in [7, 11) is 20.0. The van der Waals surface area contributed by atoms with Gasteiger partial charge in [-0.3, -0.25) is 0 Å². The molecule has 8 radical (unpaired) electrons. The third-order valence-corrected chi connectivity index (χ3v) is 2.35. The van der Waals surface area contributed by atoms with Crippen molar-refractivity contribution in [2.75, 3.05) is 0 Å². The summed E-state index contributed by atoms with van der Waals surface area (Å²) in [5.41, 5.74) is -0.178. The van der Waals surface area contributed by atoms with Crippen LogP contribution in [0.3, 0.4) is 0 Å². The van der Waals surface area contributed by atoms with E-state index in [1.54, 1.807) is 7.17 Å². The van der Waals surface area contributed by atoms with E-state index in [4.69, 9.17) is 23.4 Å². The maximum atomic E-state index is 5.82. The van der Waals surface area contributed by atoms with Gasteiger partial charge in [-0.2, -0.15) is 0 Å². The highest BCUT2D eigenvalue weighted by Gasteiger charge is 2.27. The molecule has 0 saturated heterocycles. The van der Waals surface area contributed by atoms with Crippen molar-refractivity contribution in [3.8, 4) is 0 Å². The normalized spacial score (nSPS) is 17.0. The molecule has 0 bridgehead atoms. The molecular formula is C6H11B5. The lowest BCUT2D eigenvalue weighted by atomic mass is 9.19. The van der Waals surface area contributed by atoms with Crippen molar-refractivity contribution in [3.05, 3.63) is 0 Å². The molecule has 50 valence electrons. The lowest BCUT2D eigenvalue weighted by Crippen LogP contribution is -2.30. The summed E-state index contributed by atoms with van der Waals surface area (Å²) in [6.07, 6.45) is 0. The first-order chi connectivity index (χ1) is 4.92. The predicted octanol–water partition coefficient (Wildman–Crippen LogP) is 0.311. The van der Waals surface area contributed by atoms with Gasteiger partial charge >= 0.3 is 0 Å². The van der Waals surface area contributed by atoms with Gasteiger partial charge in [-0.1, -0.05) is 32.0 Å². The molecule has 0 saturated carbocycles. The topological polar surface area (TPSA) is 0 Å². The first-order valence-corrected chi connectivity index (χ1v) is 3.82. The minimum absolute atomic E-state index is 0.0636. The minimum atomic E-state index is -0.101. The number of hydrogen-bond donors (Lipinski definition) is 0. The molecule has 5 heteroatoms. The standard InChI is InChI=1S/C6H11B5/c1-4(7)6(2,3)5(8)10-11-9/h4-5H,1-3H3. The molecule has 0 fully saturated rings. The quantitative estimate of drug-likeness (QED) is 0.489. The zero-order valence-corrected chi connectivity index (χ0v) is 7.54. The lowest BCUT2D eigenvalue weighted by molar-refractivity contribution is 0.377. The molecule has 0 aliphatic heterocycles. The van der Waals surface area contributed by atoms with Crippen molar-refractivity contribution in [1.82, 2.24) is 0 Å². The second-order valence-corrected chi connectivity index (χ2v) is 3.52. The van der Waals surface area contributed by atoms with E-state index in [1.165, 1.54) is 7.06 Å². The Kier molecular flexibility index (Phi) is 4.50. The Labute approximate surface area is 76.0 Å². The number of hydrogen-bond acceptors (Lipinski definition) is 0. The first-order valence-electron chi connectivity index (χ1n) is 3.82. The summed E-state index contributed by atoms with van der Waals surface area (Å²) in [6.45, 7) is 6.01. The Morgan fingerprint density at radius 3 is 2.00 bits per heavy atom. The Hall–Kier alpha value is 0.325. The van der Waals surface area contributed by atoms with Crippen molar-refractivity contribution >= 4 is 37.7 Å². The van der Waals surface area contributed by atoms with Crippen molar-refractivity contribution in [1.29, 1.82) is 0 Å². The third-order valence-electron chi connectivity index (χ3n) is 2.35. The highest BCUT2D eigenvalue weighted by atomic mass is 14.2. The van der Waals surface area contributed by atoms with E-state index in [1.807, 2.05) is 20.8 Å². The van der Waals surface area contributed by atoms with Gasteiger partial charge in [-0.15, -0.1) is 5.72 Å². The van der Waals surface area contributed by atoms with Gasteiger partial charge < -0.3 is 0 Å². The van der Waals surface area contributed by atoms with E-state index in [2.05, 4.69) is 0 Å². The third kappa shape index (κ3) is 3.05. The van der Waals surface area contributed by atoms with Crippen LogP contribution in [0.5, 0.6) is 0 Å². The molecule has 0 aromatic rings. The maximum Gasteiger partial charge on any atom is 0.0702 e. The number of rotatable bonds is 4. The SMILES string of the molecule is [B][B][B]C([B])C(C)(C)C([B])C. The van der Waals surface area contributed by atoms with Crippen LogP contribution in [0.2, 0.25) is 11.5 Å². The van der Waals surface area contributed by atoms with E-state index < -0.39 is 0 Å². The second-order valence-electron chi connectivity index (χ2n) is 3.52. The van der Waals surface area contributed by atoms with Gasteiger partial charge in [0.1, 0.15) is 0 Å². The van der Waals surface area contributed by atoms with Gasteiger partial charge in [0.25, 0.3) is 0 Å². The van der Waals surface area contributed by atoms with Crippen LogP contribution in [-0.4, -0.2) is 37.7 Å². The van der Waals surface area contributed by atoms with Gasteiger partial charge in [0.05, 0.1) is 15.7 Å². The van der Waals surface area contributed by atoms with Crippen molar-refractivity contribution in [3.63, 3.8) is 0 Å². The average Bonchev–Trinajstić information content (AvgIpc) is 1.88. The van der Waals surface area contributed by atoms with Crippen molar-refractivity contribution < 1.29 is 0 Å². The molecule has 0 N–H and O–H groups in total. The van der Waals surface area contributed by atoms with Crippen LogP contribution >= 0.6 is 0 Å². The van der Waals surface area contributed by atoms with Gasteiger partial charge in [-0.25, -0.2) is 0 Å². The molecule has 11 heavy (non-hydrogen) atoms. The largest absolute Gasteiger partial charge is 0.106 e. The summed E-state index contributed by atoms with van der Waals surface area (Å²) in [4.78, 5) is 0. The Bertz CT molecular complexity index is 112. The second kappa shape index (κ2) is 4.37. The zero-order chi connectivity index (χ0) is 9.07. The monoisotopic (exact) mass is 138 g/mol. The Morgan fingerprint density at radius 2 is 1.73 bits per heavy atom. The molecule has 0 aromatic heterocycles. The Morgan fingerprint density at radius 1 is 1.27 bits per heavy atom. The highest BCUT2D eigenvalue weighted by molar-refractivity contribution is 7.25. The lowest BCUT2D eigenvalue weighted by Gasteiger charge is -2.37. The molecule has 0 amide bonds. The fourth-order valence-corrected chi connectivity index (χ4v) is 0.671. The molecule has 0 rings (SSSR count).